The molecule has 7 nitrogen and oxygen atoms in total. The van der Waals surface area contributed by atoms with Gasteiger partial charge in [-0.3, -0.25) is 4.90 Å². The van der Waals surface area contributed by atoms with E-state index in [0.717, 1.165) is 36.8 Å². The first-order valence-electron chi connectivity index (χ1n) is 7.80. The van der Waals surface area contributed by atoms with Crippen LogP contribution in [0.1, 0.15) is 17.8 Å². The molecule has 2 aromatic heterocycles. The number of morpholine rings is 1. The minimum absolute atomic E-state index is 0.0362. The standard InChI is InChI=1S/C16H20N6O/c1-20-11-17-19-16(20)14-9-22(7-8-23-14)10-15-18-12-5-3-4-6-13(12)21(15)2/h3-6,11,14H,7-10H2,1-2H3/t14-/m0/s1. The van der Waals surface area contributed by atoms with Gasteiger partial charge in [0.05, 0.1) is 24.2 Å². The van der Waals surface area contributed by atoms with Crippen molar-refractivity contribution in [3.8, 4) is 0 Å². The Bertz CT molecular complexity index is 823. The molecule has 0 bridgehead atoms. The molecular formula is C16H20N6O. The second-order valence-corrected chi connectivity index (χ2v) is 5.97. The maximum absolute atomic E-state index is 5.87. The third-order valence-electron chi connectivity index (χ3n) is 4.43. The van der Waals surface area contributed by atoms with Crippen LogP contribution in [0.15, 0.2) is 30.6 Å². The van der Waals surface area contributed by atoms with E-state index in [0.29, 0.717) is 6.61 Å². The van der Waals surface area contributed by atoms with E-state index in [9.17, 15) is 0 Å². The molecule has 1 aliphatic heterocycles. The molecule has 0 N–H and O–H groups in total. The van der Waals surface area contributed by atoms with E-state index in [1.54, 1.807) is 6.33 Å². The van der Waals surface area contributed by atoms with Crippen LogP contribution < -0.4 is 0 Å². The van der Waals surface area contributed by atoms with Gasteiger partial charge in [-0.05, 0) is 12.1 Å². The number of aryl methyl sites for hydroxylation is 2. The SMILES string of the molecule is Cn1cnnc1[C@@H]1CN(Cc2nc3ccccc3n2C)CCO1. The van der Waals surface area contributed by atoms with Crippen molar-refractivity contribution in [2.75, 3.05) is 19.7 Å². The smallest absolute Gasteiger partial charge is 0.163 e. The molecule has 7 heteroatoms. The number of fused-ring (bicyclic) bond motifs is 1. The molecule has 1 aliphatic rings. The van der Waals surface area contributed by atoms with Gasteiger partial charge < -0.3 is 13.9 Å². The lowest BCUT2D eigenvalue weighted by Gasteiger charge is -2.31. The number of hydrogen-bond donors (Lipinski definition) is 0. The lowest BCUT2D eigenvalue weighted by Crippen LogP contribution is -2.39. The first-order chi connectivity index (χ1) is 11.2. The van der Waals surface area contributed by atoms with Crippen LogP contribution in [0.25, 0.3) is 11.0 Å². The number of rotatable bonds is 3. The second-order valence-electron chi connectivity index (χ2n) is 5.97. The number of para-hydroxylation sites is 2. The van der Waals surface area contributed by atoms with Gasteiger partial charge in [0.2, 0.25) is 0 Å². The highest BCUT2D eigenvalue weighted by Crippen LogP contribution is 2.22. The van der Waals surface area contributed by atoms with Gasteiger partial charge in [0.1, 0.15) is 18.3 Å². The van der Waals surface area contributed by atoms with Crippen molar-refractivity contribution in [1.29, 1.82) is 0 Å². The van der Waals surface area contributed by atoms with E-state index >= 15 is 0 Å². The van der Waals surface area contributed by atoms with Crippen LogP contribution in [0.5, 0.6) is 0 Å². The number of ether oxygens (including phenoxy) is 1. The molecule has 0 aliphatic carbocycles. The average Bonchev–Trinajstić information content (AvgIpc) is 3.12. The van der Waals surface area contributed by atoms with Crippen molar-refractivity contribution in [3.05, 3.63) is 42.2 Å². The second kappa shape index (κ2) is 5.75. The van der Waals surface area contributed by atoms with E-state index in [1.165, 1.54) is 5.52 Å². The van der Waals surface area contributed by atoms with Gasteiger partial charge in [-0.15, -0.1) is 10.2 Å². The van der Waals surface area contributed by atoms with Gasteiger partial charge in [-0.2, -0.15) is 0 Å². The van der Waals surface area contributed by atoms with Crippen LogP contribution in [0.2, 0.25) is 0 Å². The highest BCUT2D eigenvalue weighted by atomic mass is 16.5. The van der Waals surface area contributed by atoms with Gasteiger partial charge >= 0.3 is 0 Å². The summed E-state index contributed by atoms with van der Waals surface area (Å²) >= 11 is 0. The zero-order chi connectivity index (χ0) is 15.8. The summed E-state index contributed by atoms with van der Waals surface area (Å²) in [5.41, 5.74) is 2.21. The summed E-state index contributed by atoms with van der Waals surface area (Å²) in [4.78, 5) is 7.12. The predicted octanol–water partition coefficient (Wildman–Crippen LogP) is 1.28. The van der Waals surface area contributed by atoms with Gasteiger partial charge in [0.25, 0.3) is 0 Å². The van der Waals surface area contributed by atoms with Gasteiger partial charge in [0, 0.05) is 27.2 Å². The van der Waals surface area contributed by atoms with Crippen molar-refractivity contribution in [2.24, 2.45) is 14.1 Å². The van der Waals surface area contributed by atoms with Crippen LogP contribution >= 0.6 is 0 Å². The lowest BCUT2D eigenvalue weighted by atomic mass is 10.2. The molecule has 0 radical (unpaired) electrons. The summed E-state index contributed by atoms with van der Waals surface area (Å²) in [6.45, 7) is 3.21. The minimum atomic E-state index is -0.0362. The molecule has 23 heavy (non-hydrogen) atoms. The van der Waals surface area contributed by atoms with Gasteiger partial charge in [0.15, 0.2) is 5.82 Å². The lowest BCUT2D eigenvalue weighted by molar-refractivity contribution is -0.0394. The number of benzene rings is 1. The van der Waals surface area contributed by atoms with Crippen molar-refractivity contribution >= 4 is 11.0 Å². The number of imidazole rings is 1. The molecule has 0 unspecified atom stereocenters. The minimum Gasteiger partial charge on any atom is -0.368 e. The topological polar surface area (TPSA) is 61.0 Å². The normalized spacial score (nSPS) is 19.5. The average molecular weight is 312 g/mol. The van der Waals surface area contributed by atoms with Crippen LogP contribution in [0, 0.1) is 0 Å². The Hall–Kier alpha value is -2.25. The van der Waals surface area contributed by atoms with Gasteiger partial charge in [-0.25, -0.2) is 4.98 Å². The van der Waals surface area contributed by atoms with E-state index in [4.69, 9.17) is 9.72 Å². The maximum Gasteiger partial charge on any atom is 0.163 e. The Kier molecular flexibility index (Phi) is 3.59. The summed E-state index contributed by atoms with van der Waals surface area (Å²) < 4.78 is 9.96. The molecule has 0 saturated carbocycles. The highest BCUT2D eigenvalue weighted by molar-refractivity contribution is 5.75. The Morgan fingerprint density at radius 2 is 2.13 bits per heavy atom. The third-order valence-corrected chi connectivity index (χ3v) is 4.43. The first kappa shape index (κ1) is 14.3. The van der Waals surface area contributed by atoms with E-state index < -0.39 is 0 Å². The molecule has 1 fully saturated rings. The molecular weight excluding hydrogens is 292 g/mol. The summed E-state index contributed by atoms with van der Waals surface area (Å²) in [6.07, 6.45) is 1.68. The van der Waals surface area contributed by atoms with Crippen molar-refractivity contribution in [2.45, 2.75) is 12.6 Å². The molecule has 3 aromatic rings. The molecule has 120 valence electrons. The quantitative estimate of drug-likeness (QED) is 0.729. The summed E-state index contributed by atoms with van der Waals surface area (Å²) in [6, 6.07) is 8.23. The van der Waals surface area contributed by atoms with E-state index in [2.05, 4.69) is 38.8 Å². The Balaban J connectivity index is 1.54. The van der Waals surface area contributed by atoms with Crippen LogP contribution in [0.3, 0.4) is 0 Å². The van der Waals surface area contributed by atoms with Crippen molar-refractivity contribution in [3.63, 3.8) is 0 Å². The van der Waals surface area contributed by atoms with E-state index in [-0.39, 0.29) is 6.10 Å². The molecule has 3 heterocycles. The summed E-state index contributed by atoms with van der Waals surface area (Å²) in [7, 11) is 4.02. The van der Waals surface area contributed by atoms with E-state index in [1.807, 2.05) is 23.7 Å². The Morgan fingerprint density at radius 1 is 1.26 bits per heavy atom. The largest absolute Gasteiger partial charge is 0.368 e. The van der Waals surface area contributed by atoms with Crippen molar-refractivity contribution in [1.82, 2.24) is 29.2 Å². The van der Waals surface area contributed by atoms with Gasteiger partial charge in [-0.1, -0.05) is 12.1 Å². The molecule has 1 aromatic carbocycles. The molecule has 1 atom stereocenters. The number of aromatic nitrogens is 5. The highest BCUT2D eigenvalue weighted by Gasteiger charge is 2.26. The fraction of sp³-hybridized carbons (Fsp3) is 0.438. The van der Waals surface area contributed by atoms with Crippen LogP contribution in [-0.4, -0.2) is 48.9 Å². The molecule has 4 rings (SSSR count). The maximum atomic E-state index is 5.87. The Morgan fingerprint density at radius 3 is 2.91 bits per heavy atom. The first-order valence-corrected chi connectivity index (χ1v) is 7.80. The fourth-order valence-electron chi connectivity index (χ4n) is 3.12. The molecule has 0 amide bonds. The third kappa shape index (κ3) is 2.62. The summed E-state index contributed by atoms with van der Waals surface area (Å²) in [5.74, 6) is 1.95. The zero-order valence-electron chi connectivity index (χ0n) is 13.4. The predicted molar refractivity (Wildman–Crippen MR) is 85.7 cm³/mol. The molecule has 0 spiro atoms. The monoisotopic (exact) mass is 312 g/mol. The van der Waals surface area contributed by atoms with Crippen molar-refractivity contribution < 1.29 is 4.74 Å². The number of hydrogen-bond acceptors (Lipinski definition) is 5. The van der Waals surface area contributed by atoms with Crippen LogP contribution in [-0.2, 0) is 25.4 Å². The van der Waals surface area contributed by atoms with Crippen LogP contribution in [0.4, 0.5) is 0 Å². The number of nitrogens with zero attached hydrogens (tertiary/aromatic N) is 6. The molecule has 1 saturated heterocycles. The fourth-order valence-corrected chi connectivity index (χ4v) is 3.12. The zero-order valence-corrected chi connectivity index (χ0v) is 13.4. The summed E-state index contributed by atoms with van der Waals surface area (Å²) in [5, 5.41) is 8.12. The Labute approximate surface area is 134 Å².